The molecule has 5 amide bonds. The zero-order valence-corrected chi connectivity index (χ0v) is 36.9. The lowest BCUT2D eigenvalue weighted by Crippen LogP contribution is -2.51. The van der Waals surface area contributed by atoms with Crippen LogP contribution in [0.2, 0.25) is 0 Å². The van der Waals surface area contributed by atoms with Gasteiger partial charge in [0.2, 0.25) is 11.8 Å². The Morgan fingerprint density at radius 2 is 1.40 bits per heavy atom. The molecule has 0 saturated carbocycles. The standard InChI is InChI=1S/C50H55N9O6/c1-30(2)43(56-50(64)65-3)47(61)58-22-7-11-41(58)45-51-27-39(53-45)32-15-13-31(14-16-32)34-17-18-36-26-37(20-19-35(36)25-34)40-28-52-46(54-40)42-12-8-23-59(42)48(62)44(33-9-5-4-6-10-33)55-49(63)57-24-21-38(60)29-57/h4-6,9-10,13-20,25-28,30,38,41-44,60H,7-8,11-12,21-24,29H2,1-3H3,(H,51,53)(H,52,54)(H,55,63)(H,56,64)/t38-,41-,42-,43-,44+/m0/s1. The number of β-amino-alcohol motifs (C(OH)–C–C–N with tert-alkyl or cyclic N) is 1. The van der Waals surface area contributed by atoms with E-state index in [0.29, 0.717) is 37.4 Å². The summed E-state index contributed by atoms with van der Waals surface area (Å²) in [5.41, 5.74) is 6.43. The number of benzene rings is 4. The second kappa shape index (κ2) is 18.6. The van der Waals surface area contributed by atoms with Gasteiger partial charge >= 0.3 is 12.1 Å². The second-order valence-corrected chi connectivity index (χ2v) is 17.6. The van der Waals surface area contributed by atoms with Crippen LogP contribution in [0.15, 0.2) is 103 Å². The number of methoxy groups -OCH3 is 1. The number of alkyl carbamates (subject to hydrolysis) is 1. The topological polar surface area (TPSA) is 189 Å². The fraction of sp³-hybridized carbons (Fsp3) is 0.360. The molecule has 3 fully saturated rings. The molecule has 0 aliphatic carbocycles. The highest BCUT2D eigenvalue weighted by Crippen LogP contribution is 2.36. The number of rotatable bonds is 11. The van der Waals surface area contributed by atoms with Crippen LogP contribution in [-0.4, -0.2) is 109 Å². The lowest BCUT2D eigenvalue weighted by molar-refractivity contribution is -0.135. The number of nitrogens with zero attached hydrogens (tertiary/aromatic N) is 5. The van der Waals surface area contributed by atoms with E-state index >= 15 is 0 Å². The summed E-state index contributed by atoms with van der Waals surface area (Å²) in [7, 11) is 1.29. The highest BCUT2D eigenvalue weighted by Gasteiger charge is 2.39. The third kappa shape index (κ3) is 9.05. The lowest BCUT2D eigenvalue weighted by atomic mass is 9.98. The Morgan fingerprint density at radius 1 is 0.754 bits per heavy atom. The van der Waals surface area contributed by atoms with Crippen molar-refractivity contribution in [3.63, 3.8) is 0 Å². The summed E-state index contributed by atoms with van der Waals surface area (Å²) >= 11 is 0. The minimum absolute atomic E-state index is 0.110. The maximum absolute atomic E-state index is 14.3. The van der Waals surface area contributed by atoms with Crippen LogP contribution in [-0.2, 0) is 14.3 Å². The molecule has 9 rings (SSSR count). The number of likely N-dealkylation sites (tertiary alicyclic amines) is 3. The number of H-pyrrole nitrogens is 2. The van der Waals surface area contributed by atoms with Crippen LogP contribution in [0, 0.1) is 5.92 Å². The van der Waals surface area contributed by atoms with Gasteiger partial charge in [0.25, 0.3) is 0 Å². The van der Waals surface area contributed by atoms with Gasteiger partial charge < -0.3 is 45.1 Å². The van der Waals surface area contributed by atoms with Crippen molar-refractivity contribution in [2.45, 2.75) is 76.2 Å². The maximum atomic E-state index is 14.3. The van der Waals surface area contributed by atoms with Gasteiger partial charge in [-0.15, -0.1) is 0 Å². The summed E-state index contributed by atoms with van der Waals surface area (Å²) in [5.74, 6) is 0.988. The number of fused-ring (bicyclic) bond motifs is 1. The normalized spacial score (nSPS) is 19.5. The van der Waals surface area contributed by atoms with E-state index < -0.39 is 24.3 Å². The number of carbonyl (C=O) groups is 4. The molecule has 0 bridgehead atoms. The van der Waals surface area contributed by atoms with E-state index in [2.05, 4.69) is 81.3 Å². The zero-order valence-electron chi connectivity index (χ0n) is 36.9. The number of aliphatic hydroxyl groups excluding tert-OH is 1. The number of hydrogen-bond donors (Lipinski definition) is 5. The van der Waals surface area contributed by atoms with E-state index in [0.717, 1.165) is 75.9 Å². The SMILES string of the molecule is COC(=O)N[C@H](C(=O)N1CCC[C@H]1c1ncc(-c2ccc(-c3ccc4cc(-c5c[nH]c([C@@H]6CCCN6C(=O)[C@H](NC(=O)N6CC[C@H](O)C6)c6ccccc6)n5)ccc4c3)cc2)[nH]1)C(C)C. The molecule has 5 N–H and O–H groups in total. The number of aromatic nitrogens is 4. The fourth-order valence-corrected chi connectivity index (χ4v) is 9.48. The molecular formula is C50H55N9O6. The van der Waals surface area contributed by atoms with Gasteiger partial charge in [0.15, 0.2) is 0 Å². The van der Waals surface area contributed by atoms with Crippen LogP contribution in [0.1, 0.15) is 81.3 Å². The van der Waals surface area contributed by atoms with Crippen molar-refractivity contribution in [1.29, 1.82) is 0 Å². The molecule has 15 nitrogen and oxygen atoms in total. The van der Waals surface area contributed by atoms with Crippen molar-refractivity contribution in [3.05, 3.63) is 121 Å². The number of amides is 5. The fourth-order valence-electron chi connectivity index (χ4n) is 9.48. The number of urea groups is 1. The summed E-state index contributed by atoms with van der Waals surface area (Å²) in [5, 5.41) is 17.9. The van der Waals surface area contributed by atoms with Gasteiger partial charge in [0, 0.05) is 37.9 Å². The van der Waals surface area contributed by atoms with Crippen LogP contribution in [0.5, 0.6) is 0 Å². The highest BCUT2D eigenvalue weighted by molar-refractivity contribution is 5.91. The molecule has 0 radical (unpaired) electrons. The number of hydrogen-bond acceptors (Lipinski definition) is 8. The van der Waals surface area contributed by atoms with Crippen LogP contribution in [0.4, 0.5) is 9.59 Å². The Hall–Kier alpha value is -7.00. The van der Waals surface area contributed by atoms with Crippen molar-refractivity contribution in [1.82, 2.24) is 45.3 Å². The van der Waals surface area contributed by atoms with Crippen LogP contribution in [0.3, 0.4) is 0 Å². The molecule has 336 valence electrons. The van der Waals surface area contributed by atoms with Crippen LogP contribution >= 0.6 is 0 Å². The molecule has 3 aliphatic rings. The number of aliphatic hydroxyl groups is 1. The monoisotopic (exact) mass is 877 g/mol. The molecule has 3 aliphatic heterocycles. The molecule has 5 heterocycles. The van der Waals surface area contributed by atoms with E-state index in [1.807, 2.05) is 66.4 Å². The molecule has 15 heteroatoms. The van der Waals surface area contributed by atoms with Crippen LogP contribution < -0.4 is 10.6 Å². The quantitative estimate of drug-likeness (QED) is 0.0884. The van der Waals surface area contributed by atoms with Gasteiger partial charge in [0.05, 0.1) is 42.9 Å². The van der Waals surface area contributed by atoms with Crippen molar-refractivity contribution in [2.75, 3.05) is 33.3 Å². The number of ether oxygens (including phenoxy) is 1. The molecule has 0 unspecified atom stereocenters. The molecule has 2 aromatic heterocycles. The molecule has 5 atom stereocenters. The molecular weight excluding hydrogens is 823 g/mol. The van der Waals surface area contributed by atoms with Gasteiger partial charge in [-0.2, -0.15) is 0 Å². The third-order valence-corrected chi connectivity index (χ3v) is 13.1. The van der Waals surface area contributed by atoms with E-state index in [1.165, 1.54) is 7.11 Å². The first-order valence-electron chi connectivity index (χ1n) is 22.5. The van der Waals surface area contributed by atoms with Gasteiger partial charge in [-0.25, -0.2) is 19.6 Å². The van der Waals surface area contributed by atoms with E-state index in [9.17, 15) is 24.3 Å². The summed E-state index contributed by atoms with van der Waals surface area (Å²) < 4.78 is 4.77. The van der Waals surface area contributed by atoms with Crippen molar-refractivity contribution >= 4 is 34.7 Å². The predicted molar refractivity (Wildman–Crippen MR) is 246 cm³/mol. The van der Waals surface area contributed by atoms with Gasteiger partial charge in [0.1, 0.15) is 23.7 Å². The Labute approximate surface area is 377 Å². The lowest BCUT2D eigenvalue weighted by Gasteiger charge is -2.30. The van der Waals surface area contributed by atoms with E-state index in [4.69, 9.17) is 14.7 Å². The summed E-state index contributed by atoms with van der Waals surface area (Å²) in [6.45, 7) is 5.63. The molecule has 0 spiro atoms. The minimum atomic E-state index is -0.874. The van der Waals surface area contributed by atoms with E-state index in [1.54, 1.807) is 4.90 Å². The average Bonchev–Trinajstić information content (AvgIpc) is 4.19. The second-order valence-electron chi connectivity index (χ2n) is 17.6. The molecule has 6 aromatic rings. The van der Waals surface area contributed by atoms with Crippen LogP contribution in [0.25, 0.3) is 44.4 Å². The summed E-state index contributed by atoms with van der Waals surface area (Å²) in [6.07, 6.45) is 6.22. The first kappa shape index (κ1) is 43.3. The summed E-state index contributed by atoms with van der Waals surface area (Å²) in [6, 6.07) is 27.9. The van der Waals surface area contributed by atoms with Crippen molar-refractivity contribution in [3.8, 4) is 33.6 Å². The Balaban J connectivity index is 0.867. The van der Waals surface area contributed by atoms with E-state index in [-0.39, 0.29) is 42.4 Å². The Kier molecular flexibility index (Phi) is 12.4. The predicted octanol–water partition coefficient (Wildman–Crippen LogP) is 7.51. The highest BCUT2D eigenvalue weighted by atomic mass is 16.5. The smallest absolute Gasteiger partial charge is 0.407 e. The Morgan fingerprint density at radius 3 is 2.08 bits per heavy atom. The number of carbonyl (C=O) groups excluding carboxylic acids is 4. The van der Waals surface area contributed by atoms with Gasteiger partial charge in [-0.05, 0) is 83.2 Å². The van der Waals surface area contributed by atoms with Crippen molar-refractivity contribution < 1.29 is 29.0 Å². The average molecular weight is 878 g/mol. The largest absolute Gasteiger partial charge is 0.453 e. The summed E-state index contributed by atoms with van der Waals surface area (Å²) in [4.78, 5) is 74.9. The molecule has 65 heavy (non-hydrogen) atoms. The first-order chi connectivity index (χ1) is 31.5. The zero-order chi connectivity index (χ0) is 45.2. The number of imidazole rings is 2. The Bertz CT molecular complexity index is 2680. The molecule has 3 saturated heterocycles. The maximum Gasteiger partial charge on any atom is 0.407 e. The number of aromatic amines is 2. The minimum Gasteiger partial charge on any atom is -0.453 e. The van der Waals surface area contributed by atoms with Gasteiger partial charge in [-0.3, -0.25) is 9.59 Å². The third-order valence-electron chi connectivity index (χ3n) is 13.1. The van der Waals surface area contributed by atoms with Crippen molar-refractivity contribution in [2.24, 2.45) is 5.92 Å². The van der Waals surface area contributed by atoms with Gasteiger partial charge in [-0.1, -0.05) is 92.7 Å². The first-order valence-corrected chi connectivity index (χ1v) is 22.5. The number of nitrogens with one attached hydrogen (secondary N) is 4. The molecule has 4 aromatic carbocycles.